The van der Waals surface area contributed by atoms with Crippen LogP contribution in [0, 0.1) is 0 Å². The van der Waals surface area contributed by atoms with Gasteiger partial charge < -0.3 is 0 Å². The van der Waals surface area contributed by atoms with Crippen molar-refractivity contribution in [3.63, 3.8) is 0 Å². The van der Waals surface area contributed by atoms with Crippen molar-refractivity contribution in [2.24, 2.45) is 0 Å². The number of rotatable bonds is 0. The van der Waals surface area contributed by atoms with E-state index in [1.54, 1.807) is 0 Å². The van der Waals surface area contributed by atoms with Crippen LogP contribution in [0.3, 0.4) is 0 Å². The van der Waals surface area contributed by atoms with Crippen LogP contribution in [0.25, 0.3) is 0 Å². The molecule has 1 radical (unpaired) electrons. The minimum Gasteiger partial charge on any atom is -0.218 e. The second-order valence-electron chi connectivity index (χ2n) is 0.794. The molecule has 0 bridgehead atoms. The van der Waals surface area contributed by atoms with Gasteiger partial charge in [-0.3, -0.25) is 0 Å². The van der Waals surface area contributed by atoms with Crippen molar-refractivity contribution in [1.29, 1.82) is 0 Å². The zero-order valence-corrected chi connectivity index (χ0v) is 7.26. The smallest absolute Gasteiger partial charge is 0.218 e. The third kappa shape index (κ3) is 7.23. The number of hydrogen-bond donors (Lipinski definition) is 0. The molecule has 0 amide bonds. The largest absolute Gasteiger partial charge is 0.290 e. The summed E-state index contributed by atoms with van der Waals surface area (Å²) in [4.78, 5) is 0. The SMILES string of the molecule is BC(F)=C(F)F.[K]. The van der Waals surface area contributed by atoms with Crippen LogP contribution in [-0.4, -0.2) is 59.2 Å². The van der Waals surface area contributed by atoms with E-state index in [0.717, 1.165) is 0 Å². The molecule has 0 aliphatic carbocycles. The summed E-state index contributed by atoms with van der Waals surface area (Å²) < 4.78 is 32.3. The van der Waals surface area contributed by atoms with Crippen molar-refractivity contribution >= 4 is 59.2 Å². The molecule has 0 unspecified atom stereocenters. The molecular weight excluding hydrogens is 131 g/mol. The Balaban J connectivity index is 0. The Bertz CT molecular complexity index is 63.0. The molecule has 0 atom stereocenters. The maximum atomic E-state index is 11.0. The molecular formula is C2H2BF3K. The molecule has 7 heavy (non-hydrogen) atoms. The summed E-state index contributed by atoms with van der Waals surface area (Å²) >= 11 is 0. The first-order valence-electron chi connectivity index (χ1n) is 1.32. The minimum absolute atomic E-state index is 0. The number of hydrogen-bond acceptors (Lipinski definition) is 0. The fourth-order valence-corrected chi connectivity index (χ4v) is 0. The molecule has 0 nitrogen and oxygen atoms in total. The Kier molecular flexibility index (Phi) is 8.50. The average Bonchev–Trinajstić information content (AvgIpc) is 1.36. The van der Waals surface area contributed by atoms with Crippen LogP contribution in [0.2, 0.25) is 0 Å². The van der Waals surface area contributed by atoms with Crippen LogP contribution >= 0.6 is 0 Å². The van der Waals surface area contributed by atoms with E-state index < -0.39 is 11.8 Å². The second-order valence-corrected chi connectivity index (χ2v) is 0.794. The first kappa shape index (κ1) is 11.1. The quantitative estimate of drug-likeness (QED) is 0.416. The van der Waals surface area contributed by atoms with E-state index in [9.17, 15) is 13.2 Å². The van der Waals surface area contributed by atoms with Gasteiger partial charge in [0.1, 0.15) is 5.73 Å². The van der Waals surface area contributed by atoms with Crippen LogP contribution in [0.4, 0.5) is 13.2 Å². The monoisotopic (exact) mass is 133 g/mol. The molecule has 0 fully saturated rings. The molecule has 0 saturated heterocycles. The minimum atomic E-state index is -2.24. The van der Waals surface area contributed by atoms with E-state index in [0.29, 0.717) is 7.85 Å². The number of halogens is 3. The zero-order valence-electron chi connectivity index (χ0n) is 4.13. The van der Waals surface area contributed by atoms with E-state index in [2.05, 4.69) is 0 Å². The van der Waals surface area contributed by atoms with Crippen molar-refractivity contribution in [2.75, 3.05) is 0 Å². The Labute approximate surface area is 83.0 Å². The standard InChI is InChI=1S/C2H2BF3.K/c3-1(4)2(5)6;/h3H2;. The predicted molar refractivity (Wildman–Crippen MR) is 24.6 cm³/mol. The van der Waals surface area contributed by atoms with E-state index in [-0.39, 0.29) is 51.4 Å². The van der Waals surface area contributed by atoms with Gasteiger partial charge in [0.2, 0.25) is 0 Å². The van der Waals surface area contributed by atoms with Crippen molar-refractivity contribution in [2.45, 2.75) is 0 Å². The zero-order chi connectivity index (χ0) is 5.15. The van der Waals surface area contributed by atoms with Crippen LogP contribution in [-0.2, 0) is 0 Å². The van der Waals surface area contributed by atoms with Gasteiger partial charge in [-0.1, -0.05) is 0 Å². The summed E-state index contributed by atoms with van der Waals surface area (Å²) in [5.41, 5.74) is -1.41. The molecule has 0 N–H and O–H groups in total. The molecule has 0 aliphatic heterocycles. The van der Waals surface area contributed by atoms with E-state index >= 15 is 0 Å². The van der Waals surface area contributed by atoms with Gasteiger partial charge in [0.15, 0.2) is 7.85 Å². The van der Waals surface area contributed by atoms with Gasteiger partial charge in [-0.05, 0) is 0 Å². The maximum absolute atomic E-state index is 11.0. The molecule has 0 aliphatic rings. The van der Waals surface area contributed by atoms with Crippen LogP contribution in [0.1, 0.15) is 0 Å². The Morgan fingerprint density at radius 3 is 1.29 bits per heavy atom. The van der Waals surface area contributed by atoms with Crippen molar-refractivity contribution < 1.29 is 13.2 Å². The summed E-state index contributed by atoms with van der Waals surface area (Å²) in [5, 5.41) is 0. The molecule has 0 rings (SSSR count). The topological polar surface area (TPSA) is 0 Å². The maximum Gasteiger partial charge on any atom is 0.290 e. The fourth-order valence-electron chi connectivity index (χ4n) is 0. The molecule has 0 aromatic heterocycles. The fraction of sp³-hybridized carbons (Fsp3) is 0. The summed E-state index contributed by atoms with van der Waals surface area (Å²) in [5.74, 6) is 0. The summed E-state index contributed by atoms with van der Waals surface area (Å²) in [6.07, 6.45) is -2.24. The molecule has 0 heterocycles. The van der Waals surface area contributed by atoms with Gasteiger partial charge in [0, 0.05) is 51.4 Å². The molecule has 35 valence electrons. The average molecular weight is 133 g/mol. The van der Waals surface area contributed by atoms with Crippen LogP contribution < -0.4 is 0 Å². The Morgan fingerprint density at radius 1 is 1.14 bits per heavy atom. The van der Waals surface area contributed by atoms with Gasteiger partial charge in [-0.25, -0.2) is 4.39 Å². The second kappa shape index (κ2) is 5.37. The van der Waals surface area contributed by atoms with Gasteiger partial charge in [0.25, 0.3) is 6.08 Å². The van der Waals surface area contributed by atoms with Crippen LogP contribution in [0.15, 0.2) is 11.8 Å². The predicted octanol–water partition coefficient (Wildman–Crippen LogP) is 0.274. The van der Waals surface area contributed by atoms with E-state index in [1.165, 1.54) is 0 Å². The third-order valence-corrected chi connectivity index (χ3v) is 0.260. The first-order chi connectivity index (χ1) is 2.64. The normalized spacial score (nSPS) is 6.71. The Morgan fingerprint density at radius 2 is 1.29 bits per heavy atom. The molecule has 0 saturated carbocycles. The van der Waals surface area contributed by atoms with Crippen molar-refractivity contribution in [1.82, 2.24) is 0 Å². The molecule has 0 aromatic rings. The van der Waals surface area contributed by atoms with Gasteiger partial charge in [0.05, 0.1) is 0 Å². The van der Waals surface area contributed by atoms with E-state index in [4.69, 9.17) is 0 Å². The molecule has 0 spiro atoms. The van der Waals surface area contributed by atoms with Gasteiger partial charge in [-0.2, -0.15) is 8.78 Å². The molecule has 5 heteroatoms. The van der Waals surface area contributed by atoms with E-state index in [1.807, 2.05) is 0 Å². The van der Waals surface area contributed by atoms with Crippen LogP contribution in [0.5, 0.6) is 0 Å². The molecule has 0 aromatic carbocycles. The van der Waals surface area contributed by atoms with Crippen molar-refractivity contribution in [3.05, 3.63) is 11.8 Å². The first-order valence-corrected chi connectivity index (χ1v) is 1.32. The van der Waals surface area contributed by atoms with Gasteiger partial charge >= 0.3 is 0 Å². The Hall–Kier alpha value is 1.23. The van der Waals surface area contributed by atoms with Crippen molar-refractivity contribution in [3.8, 4) is 0 Å². The third-order valence-electron chi connectivity index (χ3n) is 0.260. The summed E-state index contributed by atoms with van der Waals surface area (Å²) in [6.45, 7) is 0. The summed E-state index contributed by atoms with van der Waals surface area (Å²) in [7, 11) is 0.704. The summed E-state index contributed by atoms with van der Waals surface area (Å²) in [6, 6.07) is 0. The van der Waals surface area contributed by atoms with Gasteiger partial charge in [-0.15, -0.1) is 0 Å².